The van der Waals surface area contributed by atoms with Gasteiger partial charge in [0.1, 0.15) is 0 Å². The minimum Gasteiger partial charge on any atom is -0.323 e. The summed E-state index contributed by atoms with van der Waals surface area (Å²) in [5.74, 6) is 0.136. The Morgan fingerprint density at radius 2 is 1.95 bits per heavy atom. The van der Waals surface area contributed by atoms with Gasteiger partial charge in [-0.25, -0.2) is 8.42 Å². The fourth-order valence-electron chi connectivity index (χ4n) is 1.97. The first kappa shape index (κ1) is 15.9. The predicted molar refractivity (Wildman–Crippen MR) is 80.1 cm³/mol. The second-order valence-corrected chi connectivity index (χ2v) is 8.24. The van der Waals surface area contributed by atoms with Crippen LogP contribution in [0.15, 0.2) is 11.0 Å². The Morgan fingerprint density at radius 1 is 1.40 bits per heavy atom. The van der Waals surface area contributed by atoms with Crippen LogP contribution in [0.3, 0.4) is 0 Å². The molecular weight excluding hydrogens is 345 g/mol. The van der Waals surface area contributed by atoms with Crippen molar-refractivity contribution in [3.05, 3.63) is 21.7 Å². The molecule has 2 unspecified atom stereocenters. The summed E-state index contributed by atoms with van der Waals surface area (Å²) >= 11 is 12.1. The van der Waals surface area contributed by atoms with Crippen molar-refractivity contribution in [1.29, 1.82) is 0 Å². The topological polar surface area (TPSA) is 63.2 Å². The molecular formula is C12H12Cl3NO3S. The zero-order chi connectivity index (χ0) is 15.2. The molecule has 1 N–H and O–H groups in total. The van der Waals surface area contributed by atoms with E-state index in [2.05, 4.69) is 5.32 Å². The van der Waals surface area contributed by atoms with E-state index >= 15 is 0 Å². The first-order chi connectivity index (χ1) is 9.12. The van der Waals surface area contributed by atoms with Gasteiger partial charge >= 0.3 is 0 Å². The summed E-state index contributed by atoms with van der Waals surface area (Å²) in [6, 6.07) is 1.19. The van der Waals surface area contributed by atoms with Crippen LogP contribution in [-0.4, -0.2) is 14.3 Å². The van der Waals surface area contributed by atoms with Gasteiger partial charge in [0.25, 0.3) is 9.05 Å². The van der Waals surface area contributed by atoms with Gasteiger partial charge in [0.2, 0.25) is 5.91 Å². The number of amides is 1. The maximum atomic E-state index is 11.9. The third-order valence-corrected chi connectivity index (χ3v) is 5.59. The number of benzene rings is 1. The fraction of sp³-hybridized carbons (Fsp3) is 0.417. The van der Waals surface area contributed by atoms with Gasteiger partial charge < -0.3 is 5.32 Å². The van der Waals surface area contributed by atoms with Crippen molar-refractivity contribution in [2.75, 3.05) is 5.32 Å². The molecule has 1 aliphatic rings. The Hall–Kier alpha value is -0.490. The van der Waals surface area contributed by atoms with E-state index in [-0.39, 0.29) is 38.0 Å². The molecule has 8 heteroatoms. The Balaban J connectivity index is 2.40. The SMILES string of the molecule is Cc1c(S(=O)(=O)Cl)cc(Cl)c(NC(=O)C2CC2C)c1Cl. The number of nitrogens with one attached hydrogen (secondary N) is 1. The highest BCUT2D eigenvalue weighted by Crippen LogP contribution is 2.42. The summed E-state index contributed by atoms with van der Waals surface area (Å²) in [5, 5.41) is 2.77. The molecule has 1 aromatic rings. The quantitative estimate of drug-likeness (QED) is 0.837. The highest BCUT2D eigenvalue weighted by molar-refractivity contribution is 8.13. The Kier molecular flexibility index (Phi) is 4.27. The zero-order valence-electron chi connectivity index (χ0n) is 10.7. The van der Waals surface area contributed by atoms with Crippen molar-refractivity contribution >= 4 is 54.5 Å². The summed E-state index contributed by atoms with van der Waals surface area (Å²) in [5.41, 5.74) is 0.476. The first-order valence-electron chi connectivity index (χ1n) is 5.87. The van der Waals surface area contributed by atoms with Crippen molar-refractivity contribution in [3.8, 4) is 0 Å². The molecule has 0 radical (unpaired) electrons. The summed E-state index contributed by atoms with van der Waals surface area (Å²) < 4.78 is 22.8. The molecule has 1 saturated carbocycles. The molecule has 110 valence electrons. The van der Waals surface area contributed by atoms with E-state index in [1.54, 1.807) is 0 Å². The van der Waals surface area contributed by atoms with E-state index in [1.807, 2.05) is 6.92 Å². The van der Waals surface area contributed by atoms with Crippen molar-refractivity contribution < 1.29 is 13.2 Å². The third-order valence-electron chi connectivity index (χ3n) is 3.37. The maximum absolute atomic E-state index is 11.9. The Morgan fingerprint density at radius 3 is 2.40 bits per heavy atom. The lowest BCUT2D eigenvalue weighted by molar-refractivity contribution is -0.117. The van der Waals surface area contributed by atoms with Gasteiger partial charge in [0.05, 0.1) is 20.6 Å². The van der Waals surface area contributed by atoms with Gasteiger partial charge in [0.15, 0.2) is 0 Å². The molecule has 1 fully saturated rings. The van der Waals surface area contributed by atoms with Crippen LogP contribution in [0.5, 0.6) is 0 Å². The molecule has 0 saturated heterocycles. The predicted octanol–water partition coefficient (Wildman–Crippen LogP) is 3.82. The Labute approximate surface area is 131 Å². The highest BCUT2D eigenvalue weighted by atomic mass is 35.7. The van der Waals surface area contributed by atoms with Crippen LogP contribution in [-0.2, 0) is 13.8 Å². The summed E-state index contributed by atoms with van der Waals surface area (Å²) in [6.07, 6.45) is 0.828. The Bertz CT molecular complexity index is 688. The molecule has 0 aromatic heterocycles. The van der Waals surface area contributed by atoms with Crippen LogP contribution in [0, 0.1) is 18.8 Å². The van der Waals surface area contributed by atoms with Gasteiger partial charge in [-0.1, -0.05) is 30.1 Å². The van der Waals surface area contributed by atoms with Gasteiger partial charge in [-0.3, -0.25) is 4.79 Å². The smallest absolute Gasteiger partial charge is 0.261 e. The van der Waals surface area contributed by atoms with Crippen molar-refractivity contribution in [3.63, 3.8) is 0 Å². The van der Waals surface area contributed by atoms with E-state index in [4.69, 9.17) is 33.9 Å². The number of anilines is 1. The highest BCUT2D eigenvalue weighted by Gasteiger charge is 2.39. The first-order valence-corrected chi connectivity index (χ1v) is 8.93. The van der Waals surface area contributed by atoms with Gasteiger partial charge in [0, 0.05) is 16.6 Å². The van der Waals surface area contributed by atoms with E-state index in [0.717, 1.165) is 6.42 Å². The van der Waals surface area contributed by atoms with Gasteiger partial charge in [-0.15, -0.1) is 0 Å². The lowest BCUT2D eigenvalue weighted by Crippen LogP contribution is -2.15. The molecule has 1 aliphatic carbocycles. The van der Waals surface area contributed by atoms with Crippen molar-refractivity contribution in [2.24, 2.45) is 11.8 Å². The third kappa shape index (κ3) is 3.06. The van der Waals surface area contributed by atoms with Crippen molar-refractivity contribution in [1.82, 2.24) is 0 Å². The lowest BCUT2D eigenvalue weighted by Gasteiger charge is -2.13. The standard InChI is InChI=1S/C12H12Cl3NO3S/c1-5-3-7(5)12(17)16-11-8(13)4-9(20(15,18)19)6(2)10(11)14/h4-5,7H,3H2,1-2H3,(H,16,17). The molecule has 0 spiro atoms. The minimum absolute atomic E-state index is 0.0427. The molecule has 1 aromatic carbocycles. The summed E-state index contributed by atoms with van der Waals surface area (Å²) in [6.45, 7) is 3.48. The number of carbonyl (C=O) groups excluding carboxylic acids is 1. The van der Waals surface area contributed by atoms with Crippen LogP contribution < -0.4 is 5.32 Å². The molecule has 0 heterocycles. The summed E-state index contributed by atoms with van der Waals surface area (Å²) in [7, 11) is 1.37. The largest absolute Gasteiger partial charge is 0.323 e. The van der Waals surface area contributed by atoms with E-state index in [0.29, 0.717) is 5.92 Å². The van der Waals surface area contributed by atoms with E-state index < -0.39 is 9.05 Å². The number of halogens is 3. The lowest BCUT2D eigenvalue weighted by atomic mass is 10.2. The summed E-state index contributed by atoms with van der Waals surface area (Å²) in [4.78, 5) is 11.7. The molecule has 4 nitrogen and oxygen atoms in total. The number of hydrogen-bond donors (Lipinski definition) is 1. The van der Waals surface area contributed by atoms with E-state index in [9.17, 15) is 13.2 Å². The van der Waals surface area contributed by atoms with Gasteiger partial charge in [-0.05, 0) is 30.9 Å². The average molecular weight is 357 g/mol. The average Bonchev–Trinajstić information content (AvgIpc) is 3.05. The minimum atomic E-state index is -3.95. The van der Waals surface area contributed by atoms with Crippen LogP contribution in [0.2, 0.25) is 10.0 Å². The molecule has 1 amide bonds. The van der Waals surface area contributed by atoms with Crippen LogP contribution in [0.4, 0.5) is 5.69 Å². The fourth-order valence-corrected chi connectivity index (χ4v) is 3.85. The molecule has 20 heavy (non-hydrogen) atoms. The van der Waals surface area contributed by atoms with Crippen LogP contribution >= 0.6 is 33.9 Å². The number of rotatable bonds is 3. The monoisotopic (exact) mass is 355 g/mol. The zero-order valence-corrected chi connectivity index (χ0v) is 13.8. The van der Waals surface area contributed by atoms with Gasteiger partial charge in [-0.2, -0.15) is 0 Å². The number of carbonyl (C=O) groups is 1. The van der Waals surface area contributed by atoms with Crippen LogP contribution in [0.25, 0.3) is 0 Å². The normalized spacial score (nSPS) is 21.6. The number of hydrogen-bond acceptors (Lipinski definition) is 3. The second kappa shape index (κ2) is 5.37. The van der Waals surface area contributed by atoms with Crippen LogP contribution in [0.1, 0.15) is 18.9 Å². The molecule has 2 atom stereocenters. The molecule has 0 bridgehead atoms. The molecule has 2 rings (SSSR count). The second-order valence-electron chi connectivity index (χ2n) is 4.92. The maximum Gasteiger partial charge on any atom is 0.261 e. The van der Waals surface area contributed by atoms with E-state index in [1.165, 1.54) is 13.0 Å². The van der Waals surface area contributed by atoms with Crippen molar-refractivity contribution in [2.45, 2.75) is 25.2 Å². The molecule has 0 aliphatic heterocycles.